The minimum atomic E-state index is -0.376. The van der Waals surface area contributed by atoms with Gasteiger partial charge in [-0.15, -0.1) is 0 Å². The van der Waals surface area contributed by atoms with Gasteiger partial charge in [-0.25, -0.2) is 4.98 Å². The van der Waals surface area contributed by atoms with Crippen molar-refractivity contribution in [3.8, 4) is 0 Å². The Kier molecular flexibility index (Phi) is 5.46. The molecule has 0 bridgehead atoms. The molecule has 1 aromatic carbocycles. The summed E-state index contributed by atoms with van der Waals surface area (Å²) >= 11 is 0. The van der Waals surface area contributed by atoms with E-state index in [-0.39, 0.29) is 23.0 Å². The highest BCUT2D eigenvalue weighted by molar-refractivity contribution is 6.05. The molecule has 6 rings (SSSR count). The number of nitrogens with one attached hydrogen (secondary N) is 1. The van der Waals surface area contributed by atoms with Gasteiger partial charge < -0.3 is 24.8 Å². The number of hydrogen-bond acceptors (Lipinski definition) is 6. The van der Waals surface area contributed by atoms with Crippen molar-refractivity contribution in [1.29, 1.82) is 0 Å². The van der Waals surface area contributed by atoms with Crippen LogP contribution in [-0.2, 0) is 7.05 Å². The van der Waals surface area contributed by atoms with E-state index in [9.17, 15) is 14.7 Å². The van der Waals surface area contributed by atoms with Crippen molar-refractivity contribution < 1.29 is 9.90 Å². The number of anilines is 1. The number of β-amino-alcohol motifs (C(OH)–C–C–N with tert-alkyl or cyclic N) is 1. The smallest absolute Gasteiger partial charge is 0.259 e. The van der Waals surface area contributed by atoms with E-state index in [0.29, 0.717) is 42.7 Å². The number of para-hydroxylation sites is 2. The van der Waals surface area contributed by atoms with Gasteiger partial charge in [0.1, 0.15) is 17.0 Å². The number of nitrogens with zero attached hydrogens (tertiary/aromatic N) is 5. The summed E-state index contributed by atoms with van der Waals surface area (Å²) in [4.78, 5) is 36.4. The maximum absolute atomic E-state index is 13.7. The number of benzene rings is 1. The molecule has 9 heteroatoms. The topological polar surface area (TPSA) is 95.1 Å². The van der Waals surface area contributed by atoms with E-state index in [1.54, 1.807) is 6.07 Å². The molecule has 0 aliphatic carbocycles. The van der Waals surface area contributed by atoms with Gasteiger partial charge in [-0.1, -0.05) is 12.1 Å². The summed E-state index contributed by atoms with van der Waals surface area (Å²) in [5, 5.41) is 13.4. The standard InChI is InChI=1S/C26H30N6O3/c1-29-19-6-2-3-7-20(19)32-24-18(8-9-21(28-24)31-14-10-17(33)16-31)23(34)22(26(29)32)25(35)27-11-15-30-12-4-5-13-30/h2-3,6-9,17,33H,4-5,10-16H2,1H3,(H,27,35)/t17-/m1/s1. The summed E-state index contributed by atoms with van der Waals surface area (Å²) in [6, 6.07) is 11.4. The highest BCUT2D eigenvalue weighted by Gasteiger charge is 2.26. The molecule has 3 aromatic heterocycles. The number of rotatable bonds is 5. The lowest BCUT2D eigenvalue weighted by Crippen LogP contribution is -2.36. The number of hydrogen-bond donors (Lipinski definition) is 2. The number of pyridine rings is 2. The third kappa shape index (κ3) is 3.66. The number of carbonyl (C=O) groups is 1. The first kappa shape index (κ1) is 22.1. The molecule has 1 atom stereocenters. The monoisotopic (exact) mass is 474 g/mol. The number of amides is 1. The highest BCUT2D eigenvalue weighted by Crippen LogP contribution is 2.27. The summed E-state index contributed by atoms with van der Waals surface area (Å²) in [5.74, 6) is 0.365. The molecule has 5 heterocycles. The van der Waals surface area contributed by atoms with Crippen LogP contribution in [0.25, 0.3) is 27.7 Å². The zero-order valence-electron chi connectivity index (χ0n) is 19.9. The number of imidazole rings is 1. The summed E-state index contributed by atoms with van der Waals surface area (Å²) in [7, 11) is 1.88. The first-order valence-corrected chi connectivity index (χ1v) is 12.4. The molecule has 0 radical (unpaired) electrons. The zero-order valence-corrected chi connectivity index (χ0v) is 19.9. The number of aliphatic hydroxyl groups is 1. The third-order valence-corrected chi connectivity index (χ3v) is 7.41. The second-order valence-corrected chi connectivity index (χ2v) is 9.64. The summed E-state index contributed by atoms with van der Waals surface area (Å²) in [5.41, 5.74) is 2.68. The lowest BCUT2D eigenvalue weighted by molar-refractivity contribution is 0.0950. The van der Waals surface area contributed by atoms with Gasteiger partial charge in [0.05, 0.1) is 22.5 Å². The Bertz CT molecular complexity index is 1500. The van der Waals surface area contributed by atoms with Gasteiger partial charge >= 0.3 is 0 Å². The fourth-order valence-electron chi connectivity index (χ4n) is 5.58. The summed E-state index contributed by atoms with van der Waals surface area (Å²) in [6.07, 6.45) is 2.71. The Hall–Kier alpha value is -3.43. The maximum atomic E-state index is 13.7. The van der Waals surface area contributed by atoms with Gasteiger partial charge in [-0.3, -0.25) is 14.0 Å². The fourth-order valence-corrected chi connectivity index (χ4v) is 5.58. The number of fused-ring (bicyclic) bond motifs is 5. The highest BCUT2D eigenvalue weighted by atomic mass is 16.3. The predicted molar refractivity (Wildman–Crippen MR) is 136 cm³/mol. The Morgan fingerprint density at radius 3 is 2.63 bits per heavy atom. The van der Waals surface area contributed by atoms with Crippen LogP contribution < -0.4 is 15.6 Å². The van der Waals surface area contributed by atoms with Crippen LogP contribution in [-0.4, -0.2) is 75.2 Å². The van der Waals surface area contributed by atoms with Crippen LogP contribution in [0.15, 0.2) is 41.2 Å². The molecule has 0 unspecified atom stereocenters. The molecule has 2 aliphatic heterocycles. The minimum Gasteiger partial charge on any atom is -0.391 e. The molecule has 1 amide bonds. The first-order chi connectivity index (χ1) is 17.0. The van der Waals surface area contributed by atoms with Gasteiger partial charge in [0.2, 0.25) is 5.43 Å². The van der Waals surface area contributed by atoms with Crippen molar-refractivity contribution in [3.05, 3.63) is 52.2 Å². The first-order valence-electron chi connectivity index (χ1n) is 12.4. The van der Waals surface area contributed by atoms with Gasteiger partial charge in [0.15, 0.2) is 5.65 Å². The molecule has 182 valence electrons. The van der Waals surface area contributed by atoms with Crippen molar-refractivity contribution in [2.24, 2.45) is 7.05 Å². The van der Waals surface area contributed by atoms with Crippen molar-refractivity contribution in [2.45, 2.75) is 25.4 Å². The summed E-state index contributed by atoms with van der Waals surface area (Å²) in [6.45, 7) is 4.63. The van der Waals surface area contributed by atoms with Crippen molar-refractivity contribution in [3.63, 3.8) is 0 Å². The SMILES string of the molecule is Cn1c2ccccc2n2c3nc(N4CC[C@@H](O)C4)ccc3c(=O)c(C(=O)NCCN3CCCC3)c12. The number of likely N-dealkylation sites (tertiary alicyclic amines) is 1. The average Bonchev–Trinajstić information content (AvgIpc) is 3.60. The molecule has 2 saturated heterocycles. The van der Waals surface area contributed by atoms with Crippen LogP contribution in [0, 0.1) is 0 Å². The molecule has 2 aliphatic rings. The maximum Gasteiger partial charge on any atom is 0.259 e. The predicted octanol–water partition coefficient (Wildman–Crippen LogP) is 1.74. The molecule has 2 N–H and O–H groups in total. The quantitative estimate of drug-likeness (QED) is 0.458. The molecule has 2 fully saturated rings. The van der Waals surface area contributed by atoms with Gasteiger partial charge in [0, 0.05) is 33.2 Å². The normalized spacial score (nSPS) is 18.9. The second-order valence-electron chi connectivity index (χ2n) is 9.64. The van der Waals surface area contributed by atoms with Crippen LogP contribution in [0.5, 0.6) is 0 Å². The van der Waals surface area contributed by atoms with Crippen LogP contribution in [0.2, 0.25) is 0 Å². The number of aromatic nitrogens is 3. The second kappa shape index (κ2) is 8.66. The Morgan fingerprint density at radius 2 is 1.89 bits per heavy atom. The number of carbonyl (C=O) groups excluding carboxylic acids is 1. The van der Waals surface area contributed by atoms with Crippen LogP contribution in [0.1, 0.15) is 29.6 Å². The van der Waals surface area contributed by atoms with Crippen LogP contribution in [0.3, 0.4) is 0 Å². The van der Waals surface area contributed by atoms with E-state index in [1.807, 2.05) is 51.2 Å². The van der Waals surface area contributed by atoms with E-state index in [1.165, 1.54) is 12.8 Å². The Morgan fingerprint density at radius 1 is 1.11 bits per heavy atom. The lowest BCUT2D eigenvalue weighted by Gasteiger charge is -2.18. The summed E-state index contributed by atoms with van der Waals surface area (Å²) < 4.78 is 3.83. The van der Waals surface area contributed by atoms with Crippen LogP contribution in [0.4, 0.5) is 5.82 Å². The number of aryl methyl sites for hydroxylation is 1. The van der Waals surface area contributed by atoms with Gasteiger partial charge in [-0.2, -0.15) is 0 Å². The van der Waals surface area contributed by atoms with Crippen molar-refractivity contribution >= 4 is 39.4 Å². The molecule has 9 nitrogen and oxygen atoms in total. The fraction of sp³-hybridized carbons (Fsp3) is 0.423. The molecular formula is C26H30N6O3. The molecule has 0 saturated carbocycles. The van der Waals surface area contributed by atoms with E-state index < -0.39 is 0 Å². The largest absolute Gasteiger partial charge is 0.391 e. The van der Waals surface area contributed by atoms with Crippen molar-refractivity contribution in [2.75, 3.05) is 44.2 Å². The molecule has 0 spiro atoms. The lowest BCUT2D eigenvalue weighted by atomic mass is 10.1. The van der Waals surface area contributed by atoms with E-state index in [4.69, 9.17) is 4.98 Å². The average molecular weight is 475 g/mol. The van der Waals surface area contributed by atoms with E-state index in [0.717, 1.165) is 36.5 Å². The number of aliphatic hydroxyl groups excluding tert-OH is 1. The molecule has 4 aromatic rings. The third-order valence-electron chi connectivity index (χ3n) is 7.41. The van der Waals surface area contributed by atoms with Gasteiger partial charge in [0.25, 0.3) is 5.91 Å². The minimum absolute atomic E-state index is 0.142. The van der Waals surface area contributed by atoms with Crippen LogP contribution >= 0.6 is 0 Å². The van der Waals surface area contributed by atoms with E-state index in [2.05, 4.69) is 10.2 Å². The van der Waals surface area contributed by atoms with Gasteiger partial charge in [-0.05, 0) is 56.6 Å². The molecule has 35 heavy (non-hydrogen) atoms. The Balaban J connectivity index is 1.51. The molecular weight excluding hydrogens is 444 g/mol. The van der Waals surface area contributed by atoms with Crippen molar-refractivity contribution in [1.82, 2.24) is 24.2 Å². The zero-order chi connectivity index (χ0) is 24.1. The Labute approximate surface area is 202 Å². The van der Waals surface area contributed by atoms with E-state index >= 15 is 0 Å².